The Morgan fingerprint density at radius 1 is 1.35 bits per heavy atom. The average molecular weight is 336 g/mol. The van der Waals surface area contributed by atoms with E-state index < -0.39 is 0 Å². The third-order valence-corrected chi connectivity index (χ3v) is 3.73. The number of hydrogen-bond donors (Lipinski definition) is 1. The van der Waals surface area contributed by atoms with Crippen LogP contribution in [0, 0.1) is 12.7 Å². The Balaban J connectivity index is 1.88. The van der Waals surface area contributed by atoms with Gasteiger partial charge in [-0.1, -0.05) is 15.9 Å². The fourth-order valence-corrected chi connectivity index (χ4v) is 2.31. The lowest BCUT2D eigenvalue weighted by Gasteiger charge is -2.08. The van der Waals surface area contributed by atoms with Gasteiger partial charge in [0.25, 0.3) is 0 Å². The highest BCUT2D eigenvalue weighted by Gasteiger charge is 2.08. The van der Waals surface area contributed by atoms with E-state index >= 15 is 0 Å². The zero-order chi connectivity index (χ0) is 14.1. The molecule has 0 aliphatic carbocycles. The number of halogens is 2. The van der Waals surface area contributed by atoms with Gasteiger partial charge in [-0.2, -0.15) is 0 Å². The van der Waals surface area contributed by atoms with Crippen LogP contribution in [0.3, 0.4) is 0 Å². The Bertz CT molecular complexity index is 771. The molecule has 0 saturated heterocycles. The first-order chi connectivity index (χ1) is 9.65. The molecule has 20 heavy (non-hydrogen) atoms. The number of fused-ring (bicyclic) bond motifs is 1. The molecule has 1 aromatic carbocycles. The number of nitrogens with zero attached hydrogens (tertiary/aromatic N) is 4. The molecule has 0 unspecified atom stereocenters. The predicted molar refractivity (Wildman–Crippen MR) is 76.9 cm³/mol. The van der Waals surface area contributed by atoms with Crippen LogP contribution in [-0.2, 0) is 6.54 Å². The zero-order valence-corrected chi connectivity index (χ0v) is 12.2. The predicted octanol–water partition coefficient (Wildman–Crippen LogP) is 2.95. The van der Waals surface area contributed by atoms with Crippen molar-refractivity contribution < 1.29 is 4.39 Å². The van der Waals surface area contributed by atoms with E-state index in [1.807, 2.05) is 11.3 Å². The fourth-order valence-electron chi connectivity index (χ4n) is 1.92. The second kappa shape index (κ2) is 5.16. The lowest BCUT2D eigenvalue weighted by molar-refractivity contribution is 0.625. The molecule has 0 fully saturated rings. The highest BCUT2D eigenvalue weighted by atomic mass is 79.9. The normalized spacial score (nSPS) is 10.9. The molecule has 3 aromatic rings. The van der Waals surface area contributed by atoms with Crippen molar-refractivity contribution in [2.75, 3.05) is 5.32 Å². The van der Waals surface area contributed by atoms with E-state index in [9.17, 15) is 4.39 Å². The Morgan fingerprint density at radius 3 is 3.05 bits per heavy atom. The minimum atomic E-state index is -0.269. The maximum absolute atomic E-state index is 13.2. The molecule has 0 aliphatic heterocycles. The number of benzene rings is 1. The first kappa shape index (κ1) is 13.0. The molecule has 5 nitrogen and oxygen atoms in total. The summed E-state index contributed by atoms with van der Waals surface area (Å²) in [5.74, 6) is 1.14. The molecule has 102 valence electrons. The summed E-state index contributed by atoms with van der Waals surface area (Å²) in [5.41, 5.74) is 1.46. The summed E-state index contributed by atoms with van der Waals surface area (Å²) >= 11 is 3.40. The monoisotopic (exact) mass is 335 g/mol. The van der Waals surface area contributed by atoms with Gasteiger partial charge >= 0.3 is 0 Å². The van der Waals surface area contributed by atoms with Gasteiger partial charge in [-0.15, -0.1) is 10.2 Å². The summed E-state index contributed by atoms with van der Waals surface area (Å²) in [6, 6.07) is 4.57. The lowest BCUT2D eigenvalue weighted by Crippen LogP contribution is -2.04. The Morgan fingerprint density at radius 2 is 2.20 bits per heavy atom. The topological polar surface area (TPSA) is 55.1 Å². The van der Waals surface area contributed by atoms with Crippen molar-refractivity contribution in [2.24, 2.45) is 0 Å². The van der Waals surface area contributed by atoms with Crippen LogP contribution < -0.4 is 5.32 Å². The van der Waals surface area contributed by atoms with Gasteiger partial charge in [0.1, 0.15) is 11.6 Å². The van der Waals surface area contributed by atoms with Crippen LogP contribution in [0.25, 0.3) is 5.65 Å². The second-order valence-corrected chi connectivity index (χ2v) is 5.16. The van der Waals surface area contributed by atoms with Crippen molar-refractivity contribution in [3.8, 4) is 0 Å². The van der Waals surface area contributed by atoms with E-state index in [0.717, 1.165) is 15.9 Å². The van der Waals surface area contributed by atoms with Crippen molar-refractivity contribution in [1.29, 1.82) is 0 Å². The first-order valence-electron chi connectivity index (χ1n) is 5.99. The van der Waals surface area contributed by atoms with Crippen LogP contribution in [0.1, 0.15) is 11.4 Å². The van der Waals surface area contributed by atoms with E-state index in [4.69, 9.17) is 0 Å². The second-order valence-electron chi connectivity index (χ2n) is 4.31. The van der Waals surface area contributed by atoms with Crippen molar-refractivity contribution >= 4 is 27.4 Å². The van der Waals surface area contributed by atoms with Crippen LogP contribution >= 0.6 is 15.9 Å². The Kier molecular flexibility index (Phi) is 3.35. The molecule has 7 heteroatoms. The molecular weight excluding hydrogens is 325 g/mol. The molecular formula is C13H11BrFN5. The zero-order valence-electron chi connectivity index (χ0n) is 10.6. The molecule has 1 N–H and O–H groups in total. The molecule has 3 rings (SSSR count). The van der Waals surface area contributed by atoms with Gasteiger partial charge in [0.2, 0.25) is 5.65 Å². The molecule has 0 bridgehead atoms. The highest BCUT2D eigenvalue weighted by molar-refractivity contribution is 9.10. The van der Waals surface area contributed by atoms with E-state index in [-0.39, 0.29) is 5.82 Å². The summed E-state index contributed by atoms with van der Waals surface area (Å²) in [4.78, 5) is 4.24. The minimum absolute atomic E-state index is 0.269. The van der Waals surface area contributed by atoms with Crippen LogP contribution in [0.2, 0.25) is 0 Å². The molecule has 0 aliphatic rings. The molecule has 0 atom stereocenters. The number of rotatable bonds is 3. The number of nitrogens with one attached hydrogen (secondary N) is 1. The van der Waals surface area contributed by atoms with Gasteiger partial charge in [-0.3, -0.25) is 4.40 Å². The maximum atomic E-state index is 13.2. The van der Waals surface area contributed by atoms with Crippen molar-refractivity contribution in [2.45, 2.75) is 13.5 Å². The molecule has 0 saturated carbocycles. The van der Waals surface area contributed by atoms with Crippen LogP contribution in [0.15, 0.2) is 35.1 Å². The van der Waals surface area contributed by atoms with Gasteiger partial charge in [0.05, 0.1) is 0 Å². The summed E-state index contributed by atoms with van der Waals surface area (Å²) in [7, 11) is 0. The lowest BCUT2D eigenvalue weighted by atomic mass is 10.2. The third-order valence-electron chi connectivity index (χ3n) is 2.95. The SMILES string of the molecule is Cc1nnc2c(NCc3cc(F)ccc3Br)nccn12. The van der Waals surface area contributed by atoms with E-state index in [1.165, 1.54) is 12.1 Å². The summed E-state index contributed by atoms with van der Waals surface area (Å²) in [6.07, 6.45) is 3.47. The molecule has 0 radical (unpaired) electrons. The summed E-state index contributed by atoms with van der Waals surface area (Å²) in [5, 5.41) is 11.2. The van der Waals surface area contributed by atoms with E-state index in [2.05, 4.69) is 36.4 Å². The van der Waals surface area contributed by atoms with Crippen molar-refractivity contribution in [3.63, 3.8) is 0 Å². The largest absolute Gasteiger partial charge is 0.363 e. The fraction of sp³-hybridized carbons (Fsp3) is 0.154. The number of aromatic nitrogens is 4. The summed E-state index contributed by atoms with van der Waals surface area (Å²) < 4.78 is 15.9. The van der Waals surface area contributed by atoms with Gasteiger partial charge < -0.3 is 5.32 Å². The third kappa shape index (κ3) is 2.36. The molecule has 0 amide bonds. The quantitative estimate of drug-likeness (QED) is 0.799. The van der Waals surface area contributed by atoms with Crippen molar-refractivity contribution in [1.82, 2.24) is 19.6 Å². The van der Waals surface area contributed by atoms with Crippen LogP contribution in [0.4, 0.5) is 10.2 Å². The molecule has 2 heterocycles. The highest BCUT2D eigenvalue weighted by Crippen LogP contribution is 2.20. The van der Waals surface area contributed by atoms with E-state index in [1.54, 1.807) is 18.5 Å². The van der Waals surface area contributed by atoms with Gasteiger partial charge in [-0.05, 0) is 30.7 Å². The summed E-state index contributed by atoms with van der Waals surface area (Å²) in [6.45, 7) is 2.31. The standard InChI is InChI=1S/C13H11BrFN5/c1-8-18-19-13-12(16-4-5-20(8)13)17-7-9-6-10(15)2-3-11(9)14/h2-6H,7H2,1H3,(H,16,17). The number of anilines is 1. The minimum Gasteiger partial charge on any atom is -0.363 e. The van der Waals surface area contributed by atoms with Crippen LogP contribution in [0.5, 0.6) is 0 Å². The molecule has 2 aromatic heterocycles. The average Bonchev–Trinajstić information content (AvgIpc) is 2.82. The Hall–Kier alpha value is -2.02. The van der Waals surface area contributed by atoms with Gasteiger partial charge in [-0.25, -0.2) is 9.37 Å². The van der Waals surface area contributed by atoms with E-state index in [0.29, 0.717) is 18.0 Å². The number of aryl methyl sites for hydroxylation is 1. The van der Waals surface area contributed by atoms with Gasteiger partial charge in [0, 0.05) is 23.4 Å². The maximum Gasteiger partial charge on any atom is 0.203 e. The van der Waals surface area contributed by atoms with Crippen molar-refractivity contribution in [3.05, 3.63) is 52.3 Å². The Labute approximate surface area is 123 Å². The van der Waals surface area contributed by atoms with Crippen LogP contribution in [-0.4, -0.2) is 19.6 Å². The first-order valence-corrected chi connectivity index (χ1v) is 6.78. The number of hydrogen-bond acceptors (Lipinski definition) is 4. The smallest absolute Gasteiger partial charge is 0.203 e. The molecule has 0 spiro atoms. The van der Waals surface area contributed by atoms with Gasteiger partial charge in [0.15, 0.2) is 5.82 Å².